The first kappa shape index (κ1) is 12.6. The van der Waals surface area contributed by atoms with Crippen LogP contribution in [0.25, 0.3) is 0 Å². The maximum atomic E-state index is 5.91. The average molecular weight is 255 g/mol. The number of ether oxygens (including phenoxy) is 1. The Morgan fingerprint density at radius 3 is 2.76 bits per heavy atom. The molecule has 1 aliphatic rings. The molecule has 1 fully saturated rings. The van der Waals surface area contributed by atoms with Gasteiger partial charge in [0.15, 0.2) is 0 Å². The maximum Gasteiger partial charge on any atom is 0.218 e. The largest absolute Gasteiger partial charge is 0.474 e. The molecule has 4 heteroatoms. The summed E-state index contributed by atoms with van der Waals surface area (Å²) in [5, 5.41) is 0.429. The fourth-order valence-electron chi connectivity index (χ4n) is 2.90. The van der Waals surface area contributed by atoms with E-state index in [0.29, 0.717) is 22.4 Å². The van der Waals surface area contributed by atoms with Gasteiger partial charge in [0, 0.05) is 6.07 Å². The molecular weight excluding hydrogens is 236 g/mol. The van der Waals surface area contributed by atoms with Gasteiger partial charge in [0.05, 0.1) is 0 Å². The summed E-state index contributed by atoms with van der Waals surface area (Å²) in [6, 6.07) is 1.67. The van der Waals surface area contributed by atoms with Gasteiger partial charge in [0.1, 0.15) is 17.6 Å². The highest BCUT2D eigenvalue weighted by molar-refractivity contribution is 6.29. The number of hydrogen-bond donors (Lipinski definition) is 0. The standard InChI is InChI=1S/C13H19ClN2O/c1-9-4-10(7-13(2,3)6-9)17-12-5-11(14)15-8-16-12/h5,8-10H,4,6-7H2,1-3H3. The van der Waals surface area contributed by atoms with E-state index in [1.165, 1.54) is 12.7 Å². The number of halogens is 1. The van der Waals surface area contributed by atoms with E-state index < -0.39 is 0 Å². The summed E-state index contributed by atoms with van der Waals surface area (Å²) < 4.78 is 5.91. The molecule has 0 radical (unpaired) electrons. The van der Waals surface area contributed by atoms with Crippen molar-refractivity contribution in [2.45, 2.75) is 46.1 Å². The van der Waals surface area contributed by atoms with E-state index in [-0.39, 0.29) is 6.10 Å². The molecule has 0 aliphatic heterocycles. The quantitative estimate of drug-likeness (QED) is 0.755. The molecule has 2 unspecified atom stereocenters. The van der Waals surface area contributed by atoms with Crippen molar-refractivity contribution in [3.05, 3.63) is 17.5 Å². The van der Waals surface area contributed by atoms with Gasteiger partial charge >= 0.3 is 0 Å². The number of nitrogens with zero attached hydrogens (tertiary/aromatic N) is 2. The van der Waals surface area contributed by atoms with Crippen molar-refractivity contribution in [1.82, 2.24) is 9.97 Å². The third-order valence-electron chi connectivity index (χ3n) is 3.24. The maximum absolute atomic E-state index is 5.91. The van der Waals surface area contributed by atoms with Gasteiger partial charge in [-0.25, -0.2) is 9.97 Å². The van der Waals surface area contributed by atoms with E-state index in [1.807, 2.05) is 0 Å². The summed E-state index contributed by atoms with van der Waals surface area (Å²) in [7, 11) is 0. The Bertz CT molecular complexity index is 395. The average Bonchev–Trinajstić information content (AvgIpc) is 2.13. The van der Waals surface area contributed by atoms with Crippen LogP contribution in [0.2, 0.25) is 5.15 Å². The lowest BCUT2D eigenvalue weighted by molar-refractivity contribution is 0.0532. The Morgan fingerprint density at radius 1 is 1.35 bits per heavy atom. The lowest BCUT2D eigenvalue weighted by Crippen LogP contribution is -2.34. The predicted molar refractivity (Wildman–Crippen MR) is 68.3 cm³/mol. The predicted octanol–water partition coefficient (Wildman–Crippen LogP) is 3.72. The molecule has 0 bridgehead atoms. The van der Waals surface area contributed by atoms with Crippen molar-refractivity contribution in [1.29, 1.82) is 0 Å². The number of aromatic nitrogens is 2. The minimum Gasteiger partial charge on any atom is -0.474 e. The topological polar surface area (TPSA) is 35.0 Å². The van der Waals surface area contributed by atoms with Gasteiger partial charge in [-0.3, -0.25) is 0 Å². The number of rotatable bonds is 2. The molecule has 1 aromatic rings. The van der Waals surface area contributed by atoms with Crippen LogP contribution in [0.3, 0.4) is 0 Å². The van der Waals surface area contributed by atoms with Crippen LogP contribution in [-0.2, 0) is 0 Å². The summed E-state index contributed by atoms with van der Waals surface area (Å²) in [6.45, 7) is 6.88. The van der Waals surface area contributed by atoms with Gasteiger partial charge in [-0.05, 0) is 30.6 Å². The fourth-order valence-corrected chi connectivity index (χ4v) is 3.04. The van der Waals surface area contributed by atoms with E-state index in [2.05, 4.69) is 30.7 Å². The van der Waals surface area contributed by atoms with Crippen molar-refractivity contribution in [3.63, 3.8) is 0 Å². The molecule has 1 aromatic heterocycles. The molecule has 94 valence electrons. The Balaban J connectivity index is 2.03. The molecule has 3 nitrogen and oxygen atoms in total. The second kappa shape index (κ2) is 4.81. The molecule has 17 heavy (non-hydrogen) atoms. The van der Waals surface area contributed by atoms with Gasteiger partial charge in [0.2, 0.25) is 5.88 Å². The van der Waals surface area contributed by atoms with Crippen molar-refractivity contribution in [2.75, 3.05) is 0 Å². The minimum absolute atomic E-state index is 0.236. The second-order valence-electron chi connectivity index (χ2n) is 5.83. The zero-order valence-electron chi connectivity index (χ0n) is 10.6. The Hall–Kier alpha value is -0.830. The highest BCUT2D eigenvalue weighted by atomic mass is 35.5. The summed E-state index contributed by atoms with van der Waals surface area (Å²) in [6.07, 6.45) is 5.09. The lowest BCUT2D eigenvalue weighted by Gasteiger charge is -2.38. The van der Waals surface area contributed by atoms with E-state index in [1.54, 1.807) is 6.07 Å². The first-order chi connectivity index (χ1) is 7.94. The van der Waals surface area contributed by atoms with Crippen molar-refractivity contribution >= 4 is 11.6 Å². The van der Waals surface area contributed by atoms with Gasteiger partial charge in [0.25, 0.3) is 0 Å². The fraction of sp³-hybridized carbons (Fsp3) is 0.692. The summed E-state index contributed by atoms with van der Waals surface area (Å²) in [4.78, 5) is 7.94. The highest BCUT2D eigenvalue weighted by Crippen LogP contribution is 2.39. The van der Waals surface area contributed by atoms with E-state index >= 15 is 0 Å². The van der Waals surface area contributed by atoms with Crippen LogP contribution < -0.4 is 4.74 Å². The summed E-state index contributed by atoms with van der Waals surface area (Å²) in [5.74, 6) is 1.28. The molecule has 0 aromatic carbocycles. The first-order valence-corrected chi connectivity index (χ1v) is 6.47. The van der Waals surface area contributed by atoms with Crippen molar-refractivity contribution in [2.24, 2.45) is 11.3 Å². The third-order valence-corrected chi connectivity index (χ3v) is 3.45. The Labute approximate surface area is 108 Å². The zero-order chi connectivity index (χ0) is 12.5. The molecule has 0 saturated heterocycles. The van der Waals surface area contributed by atoms with Crippen LogP contribution in [0, 0.1) is 11.3 Å². The summed E-state index contributed by atoms with van der Waals surface area (Å²) >= 11 is 5.82. The molecule has 1 aliphatic carbocycles. The normalized spacial score (nSPS) is 27.8. The summed E-state index contributed by atoms with van der Waals surface area (Å²) in [5.41, 5.74) is 0.346. The second-order valence-corrected chi connectivity index (χ2v) is 6.22. The SMILES string of the molecule is CC1CC(Oc2cc(Cl)ncn2)CC(C)(C)C1. The van der Waals surface area contributed by atoms with E-state index in [4.69, 9.17) is 16.3 Å². The van der Waals surface area contributed by atoms with Crippen molar-refractivity contribution in [3.8, 4) is 5.88 Å². The van der Waals surface area contributed by atoms with Gasteiger partial charge in [-0.2, -0.15) is 0 Å². The molecule has 2 atom stereocenters. The molecule has 0 N–H and O–H groups in total. The molecule has 0 amide bonds. The van der Waals surface area contributed by atoms with Crippen LogP contribution in [0.15, 0.2) is 12.4 Å². The lowest BCUT2D eigenvalue weighted by atomic mass is 9.71. The molecule has 1 saturated carbocycles. The number of hydrogen-bond acceptors (Lipinski definition) is 3. The van der Waals surface area contributed by atoms with E-state index in [9.17, 15) is 0 Å². The van der Waals surface area contributed by atoms with Crippen LogP contribution in [-0.4, -0.2) is 16.1 Å². The van der Waals surface area contributed by atoms with Gasteiger partial charge < -0.3 is 4.74 Å². The van der Waals surface area contributed by atoms with Gasteiger partial charge in [-0.1, -0.05) is 32.4 Å². The molecule has 0 spiro atoms. The van der Waals surface area contributed by atoms with Crippen LogP contribution in [0.4, 0.5) is 0 Å². The van der Waals surface area contributed by atoms with E-state index in [0.717, 1.165) is 12.8 Å². The highest BCUT2D eigenvalue weighted by Gasteiger charge is 2.33. The van der Waals surface area contributed by atoms with Crippen molar-refractivity contribution < 1.29 is 4.74 Å². The third kappa shape index (κ3) is 3.56. The monoisotopic (exact) mass is 254 g/mol. The molecular formula is C13H19ClN2O. The Morgan fingerprint density at radius 2 is 2.12 bits per heavy atom. The zero-order valence-corrected chi connectivity index (χ0v) is 11.4. The van der Waals surface area contributed by atoms with Crippen LogP contribution in [0.5, 0.6) is 5.88 Å². The Kier molecular flexibility index (Phi) is 3.57. The minimum atomic E-state index is 0.236. The van der Waals surface area contributed by atoms with Crippen LogP contribution in [0.1, 0.15) is 40.0 Å². The van der Waals surface area contributed by atoms with Gasteiger partial charge in [-0.15, -0.1) is 0 Å². The van der Waals surface area contributed by atoms with Crippen LogP contribution >= 0.6 is 11.6 Å². The first-order valence-electron chi connectivity index (χ1n) is 6.09. The smallest absolute Gasteiger partial charge is 0.218 e. The molecule has 2 rings (SSSR count). The molecule has 1 heterocycles.